The lowest BCUT2D eigenvalue weighted by Gasteiger charge is -2.30. The van der Waals surface area contributed by atoms with Gasteiger partial charge in [0.25, 0.3) is 0 Å². The van der Waals surface area contributed by atoms with Gasteiger partial charge in [0, 0.05) is 18.8 Å². The van der Waals surface area contributed by atoms with Gasteiger partial charge >= 0.3 is 11.9 Å². The Hall–Kier alpha value is -2.06. The predicted molar refractivity (Wildman–Crippen MR) is 143 cm³/mol. The number of carbonyl (C=O) groups is 2. The smallest absolute Gasteiger partial charge is 0.309 e. The van der Waals surface area contributed by atoms with Gasteiger partial charge in [-0.1, -0.05) is 52.0 Å². The minimum atomic E-state index is -1.91. The van der Waals surface area contributed by atoms with E-state index in [9.17, 15) is 19.1 Å². The molecule has 38 heavy (non-hydrogen) atoms. The molecule has 0 saturated carbocycles. The summed E-state index contributed by atoms with van der Waals surface area (Å²) in [7, 11) is 0. The van der Waals surface area contributed by atoms with Crippen molar-refractivity contribution in [3.05, 3.63) is 36.0 Å². The van der Waals surface area contributed by atoms with E-state index in [1.54, 1.807) is 6.08 Å². The fourth-order valence-corrected chi connectivity index (χ4v) is 4.93. The molecule has 2 heterocycles. The highest BCUT2D eigenvalue weighted by Crippen LogP contribution is 2.37. The van der Waals surface area contributed by atoms with Crippen LogP contribution in [0.25, 0.3) is 0 Å². The molecule has 216 valence electrons. The molecule has 6 nitrogen and oxygen atoms in total. The Labute approximate surface area is 226 Å². The number of hydrogen-bond acceptors (Lipinski definition) is 6. The summed E-state index contributed by atoms with van der Waals surface area (Å²) in [5, 5.41) is 10.3. The summed E-state index contributed by atoms with van der Waals surface area (Å²) in [4.78, 5) is 24.1. The van der Waals surface area contributed by atoms with Gasteiger partial charge in [0.2, 0.25) is 0 Å². The molecule has 0 aromatic carbocycles. The molecule has 8 heteroatoms. The SMILES string of the molecule is CCC(F)C(C)C1OC1CC(C)/C=C/C=C(\C)C1OC(=O)CC(O)CCC(C)(F)C(OC(C)=O)/C=C\C1C. The second kappa shape index (κ2) is 14.4. The van der Waals surface area contributed by atoms with Crippen LogP contribution in [0.2, 0.25) is 0 Å². The number of esters is 2. The van der Waals surface area contributed by atoms with Crippen molar-refractivity contribution in [2.75, 3.05) is 0 Å². The summed E-state index contributed by atoms with van der Waals surface area (Å²) in [6.45, 7) is 12.0. The Morgan fingerprint density at radius 2 is 2.00 bits per heavy atom. The number of allylic oxidation sites excluding steroid dienone is 3. The minimum absolute atomic E-state index is 0.0259. The molecule has 2 rings (SSSR count). The zero-order valence-electron chi connectivity index (χ0n) is 23.9. The van der Waals surface area contributed by atoms with E-state index in [0.29, 0.717) is 6.42 Å². The highest BCUT2D eigenvalue weighted by Gasteiger charge is 2.45. The number of halogens is 2. The van der Waals surface area contributed by atoms with Gasteiger partial charge in [0.15, 0.2) is 6.10 Å². The standard InChI is InChI=1S/C30H46F2O6/c1-8-24(31)21(5)29-25(37-29)16-18(2)10-9-11-19(3)28-20(4)12-13-26(36-22(6)33)30(7,32)15-14-23(34)17-27(35)38-28/h9-13,18,20-21,23-26,28-29,34H,8,14-17H2,1-7H3/b10-9+,13-12-,19-11+. The first-order chi connectivity index (χ1) is 17.7. The number of epoxide rings is 1. The topological polar surface area (TPSA) is 85.4 Å². The summed E-state index contributed by atoms with van der Waals surface area (Å²) < 4.78 is 46.0. The largest absolute Gasteiger partial charge is 0.457 e. The van der Waals surface area contributed by atoms with Crippen LogP contribution in [0.1, 0.15) is 80.6 Å². The van der Waals surface area contributed by atoms with Crippen LogP contribution in [0.5, 0.6) is 0 Å². The molecule has 1 saturated heterocycles. The first kappa shape index (κ1) is 32.2. The molecule has 10 atom stereocenters. The van der Waals surface area contributed by atoms with Crippen LogP contribution in [-0.2, 0) is 23.8 Å². The fourth-order valence-electron chi connectivity index (χ4n) is 4.93. The number of ether oxygens (including phenoxy) is 3. The summed E-state index contributed by atoms with van der Waals surface area (Å²) in [6, 6.07) is 0. The van der Waals surface area contributed by atoms with Gasteiger partial charge in [-0.2, -0.15) is 0 Å². The lowest BCUT2D eigenvalue weighted by atomic mass is 9.90. The first-order valence-electron chi connectivity index (χ1n) is 13.8. The molecule has 0 aromatic heterocycles. The van der Waals surface area contributed by atoms with Crippen molar-refractivity contribution in [3.8, 4) is 0 Å². The molecule has 2 aliphatic heterocycles. The van der Waals surface area contributed by atoms with Gasteiger partial charge in [0.05, 0.1) is 24.7 Å². The Bertz CT molecular complexity index is 882. The van der Waals surface area contributed by atoms with Gasteiger partial charge in [-0.25, -0.2) is 8.78 Å². The van der Waals surface area contributed by atoms with Crippen molar-refractivity contribution in [2.24, 2.45) is 17.8 Å². The lowest BCUT2D eigenvalue weighted by Crippen LogP contribution is -2.38. The Morgan fingerprint density at radius 3 is 2.63 bits per heavy atom. The Kier molecular flexibility index (Phi) is 12.2. The maximum atomic E-state index is 15.4. The zero-order valence-corrected chi connectivity index (χ0v) is 23.9. The molecule has 0 bridgehead atoms. The lowest BCUT2D eigenvalue weighted by molar-refractivity contribution is -0.152. The number of aliphatic hydroxyl groups is 1. The maximum absolute atomic E-state index is 15.4. The van der Waals surface area contributed by atoms with E-state index in [1.165, 1.54) is 19.9 Å². The molecule has 2 aliphatic rings. The second-order valence-electron chi connectivity index (χ2n) is 11.3. The van der Waals surface area contributed by atoms with Crippen LogP contribution in [0, 0.1) is 17.8 Å². The monoisotopic (exact) mass is 540 g/mol. The average Bonchev–Trinajstić information content (AvgIpc) is 3.60. The van der Waals surface area contributed by atoms with Crippen molar-refractivity contribution in [2.45, 2.75) is 123 Å². The molecule has 1 fully saturated rings. The molecule has 0 spiro atoms. The highest BCUT2D eigenvalue weighted by molar-refractivity contribution is 5.70. The van der Waals surface area contributed by atoms with Crippen molar-refractivity contribution >= 4 is 11.9 Å². The third-order valence-corrected chi connectivity index (χ3v) is 7.53. The fraction of sp³-hybridized carbons (Fsp3) is 0.733. The van der Waals surface area contributed by atoms with E-state index in [1.807, 2.05) is 45.9 Å². The van der Waals surface area contributed by atoms with E-state index < -0.39 is 42.1 Å². The molecule has 0 radical (unpaired) electrons. The molecule has 1 N–H and O–H groups in total. The summed E-state index contributed by atoms with van der Waals surface area (Å²) >= 11 is 0. The first-order valence-corrected chi connectivity index (χ1v) is 13.8. The molecule has 0 aliphatic carbocycles. The van der Waals surface area contributed by atoms with Crippen LogP contribution >= 0.6 is 0 Å². The number of aliphatic hydroxyl groups excluding tert-OH is 1. The van der Waals surface area contributed by atoms with Gasteiger partial charge in [-0.15, -0.1) is 0 Å². The maximum Gasteiger partial charge on any atom is 0.309 e. The minimum Gasteiger partial charge on any atom is -0.457 e. The average molecular weight is 541 g/mol. The Balaban J connectivity index is 2.12. The molecular weight excluding hydrogens is 494 g/mol. The van der Waals surface area contributed by atoms with Crippen LogP contribution in [-0.4, -0.2) is 59.4 Å². The van der Waals surface area contributed by atoms with Gasteiger partial charge in [-0.3, -0.25) is 9.59 Å². The molecule has 10 unspecified atom stereocenters. The summed E-state index contributed by atoms with van der Waals surface area (Å²) in [6.07, 6.45) is 6.32. The number of hydrogen-bond donors (Lipinski definition) is 1. The van der Waals surface area contributed by atoms with E-state index in [2.05, 4.69) is 6.92 Å². The Morgan fingerprint density at radius 1 is 1.32 bits per heavy atom. The third-order valence-electron chi connectivity index (χ3n) is 7.53. The van der Waals surface area contributed by atoms with Crippen LogP contribution in [0.4, 0.5) is 8.78 Å². The van der Waals surface area contributed by atoms with Crippen LogP contribution in [0.15, 0.2) is 36.0 Å². The van der Waals surface area contributed by atoms with E-state index in [-0.39, 0.29) is 49.2 Å². The quantitative estimate of drug-likeness (QED) is 0.168. The number of carbonyl (C=O) groups excluding carboxylic acids is 2. The summed E-state index contributed by atoms with van der Waals surface area (Å²) in [5.74, 6) is -1.41. The number of alkyl halides is 2. The van der Waals surface area contributed by atoms with Crippen LogP contribution < -0.4 is 0 Å². The van der Waals surface area contributed by atoms with Crippen molar-refractivity contribution in [1.29, 1.82) is 0 Å². The molecule has 0 aromatic rings. The second-order valence-corrected chi connectivity index (χ2v) is 11.3. The predicted octanol–water partition coefficient (Wildman–Crippen LogP) is 5.98. The summed E-state index contributed by atoms with van der Waals surface area (Å²) in [5.41, 5.74) is -1.13. The number of cyclic esters (lactones) is 1. The van der Waals surface area contributed by atoms with Crippen molar-refractivity contribution < 1.29 is 37.7 Å². The van der Waals surface area contributed by atoms with Crippen molar-refractivity contribution in [1.82, 2.24) is 0 Å². The van der Waals surface area contributed by atoms with Gasteiger partial charge in [-0.05, 0) is 57.1 Å². The zero-order chi connectivity index (χ0) is 28.6. The van der Waals surface area contributed by atoms with Crippen molar-refractivity contribution in [3.63, 3.8) is 0 Å². The number of rotatable bonds is 9. The highest BCUT2D eigenvalue weighted by atomic mass is 19.1. The van der Waals surface area contributed by atoms with E-state index >= 15 is 4.39 Å². The van der Waals surface area contributed by atoms with Gasteiger partial charge < -0.3 is 19.3 Å². The third kappa shape index (κ3) is 9.92. The molecular formula is C30H46F2O6. The molecule has 0 amide bonds. The normalized spacial score (nSPS) is 36.4. The van der Waals surface area contributed by atoms with Gasteiger partial charge in [0.1, 0.15) is 17.9 Å². The van der Waals surface area contributed by atoms with Crippen LogP contribution in [0.3, 0.4) is 0 Å². The van der Waals surface area contributed by atoms with E-state index in [0.717, 1.165) is 12.0 Å². The van der Waals surface area contributed by atoms with E-state index in [4.69, 9.17) is 14.2 Å².